The third kappa shape index (κ3) is 4.16. The van der Waals surface area contributed by atoms with Gasteiger partial charge < -0.3 is 20.3 Å². The van der Waals surface area contributed by atoms with Gasteiger partial charge in [0.2, 0.25) is 0 Å². The quantitative estimate of drug-likeness (QED) is 0.379. The summed E-state index contributed by atoms with van der Waals surface area (Å²) < 4.78 is 5.41. The number of benzene rings is 2. The van der Waals surface area contributed by atoms with Crippen LogP contribution in [0.2, 0.25) is 0 Å². The van der Waals surface area contributed by atoms with E-state index in [2.05, 4.69) is 20.8 Å². The number of nitrogens with one attached hydrogen (secondary N) is 3. The number of carboxylic acid groups (broad SMARTS) is 1. The molecule has 0 radical (unpaired) electrons. The fourth-order valence-corrected chi connectivity index (χ4v) is 3.66. The van der Waals surface area contributed by atoms with Crippen molar-refractivity contribution >= 4 is 23.8 Å². The maximum Gasteiger partial charge on any atom is 0.412 e. The van der Waals surface area contributed by atoms with Crippen molar-refractivity contribution in [3.63, 3.8) is 0 Å². The molecule has 1 aromatic heterocycles. The number of carboxylic acids is 1. The Kier molecular flexibility index (Phi) is 5.86. The van der Waals surface area contributed by atoms with Gasteiger partial charge in [-0.15, -0.1) is 0 Å². The standard InChI is InChI=1S/C22H20N4O6/c27-10-18(21(29)30)23-20(28)17-9-19(26-25-17)24-22(31)32-11-16-14-7-3-1-5-12(14)13-6-2-4-8-15(13)16/h1-9,16,18,27H,10-11H2,(H,23,28)(H,29,30)(H2,24,25,26,31)/t18-/m1/s1. The predicted molar refractivity (Wildman–Crippen MR) is 113 cm³/mol. The van der Waals surface area contributed by atoms with E-state index in [1.54, 1.807) is 0 Å². The summed E-state index contributed by atoms with van der Waals surface area (Å²) in [6.07, 6.45) is -0.746. The minimum absolute atomic E-state index is 0.0308. The van der Waals surface area contributed by atoms with Gasteiger partial charge in [0.1, 0.15) is 12.3 Å². The highest BCUT2D eigenvalue weighted by Gasteiger charge is 2.29. The lowest BCUT2D eigenvalue weighted by atomic mass is 9.98. The zero-order valence-corrected chi connectivity index (χ0v) is 16.7. The van der Waals surface area contributed by atoms with Crippen molar-refractivity contribution in [1.29, 1.82) is 0 Å². The number of aliphatic carboxylic acids is 1. The van der Waals surface area contributed by atoms with E-state index in [0.29, 0.717) is 0 Å². The molecule has 2 amide bonds. The van der Waals surface area contributed by atoms with Crippen molar-refractivity contribution in [2.45, 2.75) is 12.0 Å². The molecule has 1 atom stereocenters. The molecule has 4 rings (SSSR count). The average Bonchev–Trinajstić information content (AvgIpc) is 3.38. The molecule has 164 valence electrons. The second kappa shape index (κ2) is 8.90. The molecule has 0 bridgehead atoms. The van der Waals surface area contributed by atoms with E-state index in [1.165, 1.54) is 6.07 Å². The first kappa shape index (κ1) is 21.1. The van der Waals surface area contributed by atoms with Gasteiger partial charge in [-0.05, 0) is 22.3 Å². The second-order valence-corrected chi connectivity index (χ2v) is 7.16. The van der Waals surface area contributed by atoms with Gasteiger partial charge in [-0.25, -0.2) is 9.59 Å². The molecule has 3 aromatic rings. The summed E-state index contributed by atoms with van der Waals surface area (Å²) in [6.45, 7) is -0.644. The molecular weight excluding hydrogens is 416 g/mol. The Balaban J connectivity index is 1.37. The number of amides is 2. The number of fused-ring (bicyclic) bond motifs is 3. The fourth-order valence-electron chi connectivity index (χ4n) is 3.66. The van der Waals surface area contributed by atoms with E-state index in [0.717, 1.165) is 22.3 Å². The molecule has 10 heteroatoms. The van der Waals surface area contributed by atoms with Gasteiger partial charge in [0.15, 0.2) is 11.9 Å². The molecule has 1 heterocycles. The van der Waals surface area contributed by atoms with Crippen molar-refractivity contribution in [2.24, 2.45) is 0 Å². The van der Waals surface area contributed by atoms with Crippen LogP contribution in [0.1, 0.15) is 27.5 Å². The first-order valence-corrected chi connectivity index (χ1v) is 9.80. The van der Waals surface area contributed by atoms with Crippen LogP contribution in [0.15, 0.2) is 54.6 Å². The molecular formula is C22H20N4O6. The lowest BCUT2D eigenvalue weighted by Crippen LogP contribution is -2.43. The first-order valence-electron chi connectivity index (χ1n) is 9.80. The van der Waals surface area contributed by atoms with E-state index in [-0.39, 0.29) is 24.0 Å². The van der Waals surface area contributed by atoms with Gasteiger partial charge in [0.05, 0.1) is 6.61 Å². The zero-order valence-electron chi connectivity index (χ0n) is 16.7. The summed E-state index contributed by atoms with van der Waals surface area (Å²) in [7, 11) is 0. The van der Waals surface area contributed by atoms with Crippen LogP contribution in [-0.4, -0.2) is 57.6 Å². The van der Waals surface area contributed by atoms with Crippen LogP contribution in [0.4, 0.5) is 10.6 Å². The summed E-state index contributed by atoms with van der Waals surface area (Å²) in [6, 6.07) is 15.7. The number of aromatic amines is 1. The van der Waals surface area contributed by atoms with Gasteiger partial charge in [-0.3, -0.25) is 15.2 Å². The van der Waals surface area contributed by atoms with Gasteiger partial charge in [0.25, 0.3) is 5.91 Å². The van der Waals surface area contributed by atoms with Gasteiger partial charge in [-0.1, -0.05) is 48.5 Å². The van der Waals surface area contributed by atoms with Crippen LogP contribution in [0.3, 0.4) is 0 Å². The minimum Gasteiger partial charge on any atom is -0.480 e. The monoisotopic (exact) mass is 436 g/mol. The number of hydrogen-bond donors (Lipinski definition) is 5. The summed E-state index contributed by atoms with van der Waals surface area (Å²) in [5, 5.41) is 28.6. The summed E-state index contributed by atoms with van der Waals surface area (Å²) in [5.41, 5.74) is 4.30. The molecule has 2 aromatic carbocycles. The number of hydrogen-bond acceptors (Lipinski definition) is 6. The molecule has 0 spiro atoms. The number of carbonyl (C=O) groups excluding carboxylic acids is 2. The topological polar surface area (TPSA) is 154 Å². The summed E-state index contributed by atoms with van der Waals surface area (Å²) in [4.78, 5) is 35.2. The third-order valence-corrected chi connectivity index (χ3v) is 5.18. The number of ether oxygens (including phenoxy) is 1. The Bertz CT molecular complexity index is 1130. The SMILES string of the molecule is O=C(Nc1cc(C(=O)N[C@H](CO)C(=O)O)[nH]n1)OCC1c2ccccc2-c2ccccc21. The Labute approximate surface area is 182 Å². The molecule has 5 N–H and O–H groups in total. The van der Waals surface area contributed by atoms with Crippen molar-refractivity contribution < 1.29 is 29.3 Å². The maximum absolute atomic E-state index is 12.3. The molecule has 1 aliphatic carbocycles. The number of carbonyl (C=O) groups is 3. The Hall–Kier alpha value is -4.18. The Morgan fingerprint density at radius 2 is 1.69 bits per heavy atom. The normalized spacial score (nSPS) is 13.0. The number of aliphatic hydroxyl groups excluding tert-OH is 1. The summed E-state index contributed by atoms with van der Waals surface area (Å²) >= 11 is 0. The molecule has 0 saturated heterocycles. The zero-order chi connectivity index (χ0) is 22.7. The number of anilines is 1. The largest absolute Gasteiger partial charge is 0.480 e. The second-order valence-electron chi connectivity index (χ2n) is 7.16. The molecule has 0 unspecified atom stereocenters. The smallest absolute Gasteiger partial charge is 0.412 e. The van der Waals surface area contributed by atoms with E-state index < -0.39 is 30.6 Å². The van der Waals surface area contributed by atoms with Crippen LogP contribution in [0.25, 0.3) is 11.1 Å². The molecule has 0 saturated carbocycles. The highest BCUT2D eigenvalue weighted by molar-refractivity contribution is 5.96. The van der Waals surface area contributed by atoms with Crippen molar-refractivity contribution in [3.8, 4) is 11.1 Å². The van der Waals surface area contributed by atoms with E-state index in [9.17, 15) is 14.4 Å². The van der Waals surface area contributed by atoms with Crippen LogP contribution < -0.4 is 10.6 Å². The molecule has 0 aliphatic heterocycles. The molecule has 1 aliphatic rings. The maximum atomic E-state index is 12.3. The number of aliphatic hydroxyl groups is 1. The van der Waals surface area contributed by atoms with Crippen LogP contribution in [0.5, 0.6) is 0 Å². The minimum atomic E-state index is -1.45. The van der Waals surface area contributed by atoms with E-state index >= 15 is 0 Å². The molecule has 32 heavy (non-hydrogen) atoms. The van der Waals surface area contributed by atoms with Crippen molar-refractivity contribution in [3.05, 3.63) is 71.4 Å². The Morgan fingerprint density at radius 3 is 2.28 bits per heavy atom. The van der Waals surface area contributed by atoms with Crippen molar-refractivity contribution in [1.82, 2.24) is 15.5 Å². The predicted octanol–water partition coefficient (Wildman–Crippen LogP) is 1.95. The molecule has 10 nitrogen and oxygen atoms in total. The number of H-pyrrole nitrogens is 1. The highest BCUT2D eigenvalue weighted by Crippen LogP contribution is 2.44. The number of aromatic nitrogens is 2. The Morgan fingerprint density at radius 1 is 1.06 bits per heavy atom. The van der Waals surface area contributed by atoms with Crippen LogP contribution in [0, 0.1) is 0 Å². The van der Waals surface area contributed by atoms with Gasteiger partial charge in [-0.2, -0.15) is 5.10 Å². The van der Waals surface area contributed by atoms with Crippen LogP contribution in [-0.2, 0) is 9.53 Å². The highest BCUT2D eigenvalue weighted by atomic mass is 16.5. The fraction of sp³-hybridized carbons (Fsp3) is 0.182. The van der Waals surface area contributed by atoms with Gasteiger partial charge >= 0.3 is 12.1 Å². The van der Waals surface area contributed by atoms with Crippen molar-refractivity contribution in [2.75, 3.05) is 18.5 Å². The average molecular weight is 436 g/mol. The van der Waals surface area contributed by atoms with E-state index in [1.807, 2.05) is 48.5 Å². The third-order valence-electron chi connectivity index (χ3n) is 5.18. The van der Waals surface area contributed by atoms with Crippen LogP contribution >= 0.6 is 0 Å². The van der Waals surface area contributed by atoms with Gasteiger partial charge in [0, 0.05) is 12.0 Å². The number of rotatable bonds is 7. The lowest BCUT2D eigenvalue weighted by molar-refractivity contribution is -0.140. The number of nitrogens with zero attached hydrogens (tertiary/aromatic N) is 1. The first-order chi connectivity index (χ1) is 15.5. The lowest BCUT2D eigenvalue weighted by Gasteiger charge is -2.14. The van der Waals surface area contributed by atoms with E-state index in [4.69, 9.17) is 14.9 Å². The summed E-state index contributed by atoms with van der Waals surface area (Å²) in [5.74, 6) is -2.24. The molecule has 0 fully saturated rings.